The van der Waals surface area contributed by atoms with Crippen molar-refractivity contribution in [3.63, 3.8) is 0 Å². The van der Waals surface area contributed by atoms with Crippen LogP contribution in [0.25, 0.3) is 0 Å². The van der Waals surface area contributed by atoms with Crippen LogP contribution in [0, 0.1) is 0 Å². The van der Waals surface area contributed by atoms with E-state index in [9.17, 15) is 5.11 Å². The summed E-state index contributed by atoms with van der Waals surface area (Å²) >= 11 is 0. The van der Waals surface area contributed by atoms with E-state index in [1.54, 1.807) is 6.07 Å². The molecule has 1 saturated heterocycles. The van der Waals surface area contributed by atoms with E-state index in [1.807, 2.05) is 12.1 Å². The monoisotopic (exact) mass is 204 g/mol. The van der Waals surface area contributed by atoms with Gasteiger partial charge in [0.05, 0.1) is 0 Å². The zero-order valence-corrected chi connectivity index (χ0v) is 8.74. The number of phenolic OH excluding ortho intramolecular Hbond substituents is 1. The van der Waals surface area contributed by atoms with Crippen LogP contribution in [0.15, 0.2) is 18.2 Å². The Labute approximate surface area is 89.7 Å². The van der Waals surface area contributed by atoms with E-state index in [-0.39, 0.29) is 0 Å². The lowest BCUT2D eigenvalue weighted by Gasteiger charge is -2.41. The fourth-order valence-electron chi connectivity index (χ4n) is 2.44. The van der Waals surface area contributed by atoms with Gasteiger partial charge in [-0.15, -0.1) is 0 Å². The first-order valence-electron chi connectivity index (χ1n) is 5.63. The van der Waals surface area contributed by atoms with Crippen molar-refractivity contribution >= 4 is 5.69 Å². The van der Waals surface area contributed by atoms with Gasteiger partial charge in [-0.2, -0.15) is 0 Å². The van der Waals surface area contributed by atoms with Crippen LogP contribution in [0.3, 0.4) is 0 Å². The summed E-state index contributed by atoms with van der Waals surface area (Å²) in [5.41, 5.74) is 2.43. The maximum atomic E-state index is 9.44. The van der Waals surface area contributed by atoms with Crippen molar-refractivity contribution in [3.05, 3.63) is 23.8 Å². The number of hydrogen-bond donors (Lipinski definition) is 2. The molecule has 0 amide bonds. The normalized spacial score (nSPS) is 25.2. The van der Waals surface area contributed by atoms with E-state index < -0.39 is 0 Å². The topological polar surface area (TPSA) is 35.5 Å². The van der Waals surface area contributed by atoms with Crippen LogP contribution in [0.1, 0.15) is 12.0 Å². The molecule has 3 nitrogen and oxygen atoms in total. The second-order valence-corrected chi connectivity index (χ2v) is 4.47. The van der Waals surface area contributed by atoms with Gasteiger partial charge in [-0.05, 0) is 49.7 Å². The third-order valence-electron chi connectivity index (χ3n) is 3.48. The number of nitrogens with one attached hydrogen (secondary N) is 1. The second kappa shape index (κ2) is 3.42. The predicted octanol–water partition coefficient (Wildman–Crippen LogP) is 1.43. The Balaban J connectivity index is 1.81. The Hall–Kier alpha value is -1.22. The summed E-state index contributed by atoms with van der Waals surface area (Å²) in [5.74, 6) is 0.375. The summed E-state index contributed by atoms with van der Waals surface area (Å²) in [6, 6.07) is 6.22. The fourth-order valence-corrected chi connectivity index (χ4v) is 2.44. The molecule has 3 heteroatoms. The highest BCUT2D eigenvalue weighted by atomic mass is 16.3. The van der Waals surface area contributed by atoms with Gasteiger partial charge in [0.1, 0.15) is 5.75 Å². The number of anilines is 1. The Morgan fingerprint density at radius 1 is 1.33 bits per heavy atom. The molecule has 0 radical (unpaired) electrons. The number of phenols is 1. The number of likely N-dealkylation sites (tertiary alicyclic amines) is 1. The van der Waals surface area contributed by atoms with Crippen LogP contribution in [0.4, 0.5) is 5.69 Å². The van der Waals surface area contributed by atoms with Crippen LogP contribution >= 0.6 is 0 Å². The van der Waals surface area contributed by atoms with Gasteiger partial charge >= 0.3 is 0 Å². The molecule has 1 fully saturated rings. The molecule has 0 bridgehead atoms. The lowest BCUT2D eigenvalue weighted by molar-refractivity contribution is 0.122. The lowest BCUT2D eigenvalue weighted by atomic mass is 9.96. The Morgan fingerprint density at radius 3 is 2.93 bits per heavy atom. The van der Waals surface area contributed by atoms with E-state index >= 15 is 0 Å². The van der Waals surface area contributed by atoms with E-state index in [0.717, 1.165) is 13.0 Å². The van der Waals surface area contributed by atoms with Crippen LogP contribution in [0.2, 0.25) is 0 Å². The molecule has 2 aliphatic rings. The first-order chi connectivity index (χ1) is 7.33. The number of rotatable bonds is 1. The fraction of sp³-hybridized carbons (Fsp3) is 0.500. The quantitative estimate of drug-likeness (QED) is 0.679. The van der Waals surface area contributed by atoms with Crippen LogP contribution in [-0.2, 0) is 6.42 Å². The predicted molar refractivity (Wildman–Crippen MR) is 60.3 cm³/mol. The highest BCUT2D eigenvalue weighted by Gasteiger charge is 2.27. The van der Waals surface area contributed by atoms with Crippen molar-refractivity contribution in [2.24, 2.45) is 0 Å². The maximum Gasteiger partial charge on any atom is 0.116 e. The second-order valence-electron chi connectivity index (χ2n) is 4.47. The SMILES string of the molecule is Oc1ccc2c(c1)CC(N1CCC1)CN2. The number of nitrogens with zero attached hydrogens (tertiary/aromatic N) is 1. The van der Waals surface area contributed by atoms with E-state index in [2.05, 4.69) is 10.2 Å². The van der Waals surface area contributed by atoms with Gasteiger partial charge in [0.2, 0.25) is 0 Å². The number of aromatic hydroxyl groups is 1. The van der Waals surface area contributed by atoms with Gasteiger partial charge < -0.3 is 10.4 Å². The molecule has 80 valence electrons. The zero-order chi connectivity index (χ0) is 10.3. The minimum Gasteiger partial charge on any atom is -0.508 e. The lowest BCUT2D eigenvalue weighted by Crippen LogP contribution is -2.50. The molecule has 0 aromatic heterocycles. The molecule has 2 aliphatic heterocycles. The highest BCUT2D eigenvalue weighted by molar-refractivity contribution is 5.56. The molecule has 3 rings (SSSR count). The summed E-state index contributed by atoms with van der Waals surface area (Å²) in [6.45, 7) is 3.51. The third-order valence-corrected chi connectivity index (χ3v) is 3.48. The third kappa shape index (κ3) is 1.57. The van der Waals surface area contributed by atoms with Gasteiger partial charge in [-0.25, -0.2) is 0 Å². The van der Waals surface area contributed by atoms with Gasteiger partial charge in [-0.1, -0.05) is 0 Å². The molecule has 0 saturated carbocycles. The summed E-state index contributed by atoms with van der Waals surface area (Å²) < 4.78 is 0. The van der Waals surface area contributed by atoms with Crippen molar-refractivity contribution in [3.8, 4) is 5.75 Å². The largest absolute Gasteiger partial charge is 0.508 e. The first-order valence-corrected chi connectivity index (χ1v) is 5.63. The van der Waals surface area contributed by atoms with Crippen molar-refractivity contribution < 1.29 is 5.11 Å². The van der Waals surface area contributed by atoms with Gasteiger partial charge in [-0.3, -0.25) is 4.90 Å². The van der Waals surface area contributed by atoms with Gasteiger partial charge in [0, 0.05) is 18.3 Å². The Kier molecular flexibility index (Phi) is 2.06. The maximum absolute atomic E-state index is 9.44. The van der Waals surface area contributed by atoms with E-state index in [1.165, 1.54) is 30.8 Å². The first kappa shape index (κ1) is 9.04. The molecule has 15 heavy (non-hydrogen) atoms. The standard InChI is InChI=1S/C12H16N2O/c15-11-2-3-12-9(7-11)6-10(8-13-12)14-4-1-5-14/h2-3,7,10,13,15H,1,4-6,8H2. The number of hydrogen-bond acceptors (Lipinski definition) is 3. The molecular weight excluding hydrogens is 188 g/mol. The average Bonchev–Trinajstić information content (AvgIpc) is 2.14. The smallest absolute Gasteiger partial charge is 0.116 e. The molecule has 1 aromatic rings. The van der Waals surface area contributed by atoms with E-state index in [4.69, 9.17) is 0 Å². The minimum absolute atomic E-state index is 0.375. The Bertz CT molecular complexity index is 374. The molecule has 1 unspecified atom stereocenters. The average molecular weight is 204 g/mol. The van der Waals surface area contributed by atoms with Crippen molar-refractivity contribution in [1.82, 2.24) is 4.90 Å². The summed E-state index contributed by atoms with van der Waals surface area (Å²) in [4.78, 5) is 2.51. The van der Waals surface area contributed by atoms with Crippen LogP contribution < -0.4 is 5.32 Å². The van der Waals surface area contributed by atoms with Crippen molar-refractivity contribution in [2.75, 3.05) is 25.0 Å². The summed E-state index contributed by atoms with van der Waals surface area (Å²) in [6.07, 6.45) is 2.40. The van der Waals surface area contributed by atoms with Gasteiger partial charge in [0.25, 0.3) is 0 Å². The highest BCUT2D eigenvalue weighted by Crippen LogP contribution is 2.28. The zero-order valence-electron chi connectivity index (χ0n) is 8.74. The number of benzene rings is 1. The Morgan fingerprint density at radius 2 is 2.20 bits per heavy atom. The summed E-state index contributed by atoms with van der Waals surface area (Å²) in [7, 11) is 0. The minimum atomic E-state index is 0.375. The molecule has 2 heterocycles. The van der Waals surface area contributed by atoms with E-state index in [0.29, 0.717) is 11.8 Å². The van der Waals surface area contributed by atoms with Crippen LogP contribution in [0.5, 0.6) is 5.75 Å². The molecular formula is C12H16N2O. The van der Waals surface area contributed by atoms with Crippen molar-refractivity contribution in [1.29, 1.82) is 0 Å². The van der Waals surface area contributed by atoms with Crippen molar-refractivity contribution in [2.45, 2.75) is 18.9 Å². The molecule has 2 N–H and O–H groups in total. The molecule has 1 aromatic carbocycles. The number of fused-ring (bicyclic) bond motifs is 1. The summed E-state index contributed by atoms with van der Waals surface area (Å²) in [5, 5.41) is 12.9. The molecule has 0 spiro atoms. The van der Waals surface area contributed by atoms with Gasteiger partial charge in [0.15, 0.2) is 0 Å². The van der Waals surface area contributed by atoms with Crippen LogP contribution in [-0.4, -0.2) is 35.7 Å². The molecule has 1 atom stereocenters. The molecule has 0 aliphatic carbocycles.